The molecule has 5 heterocycles. The fourth-order valence-electron chi connectivity index (χ4n) is 5.58. The summed E-state index contributed by atoms with van der Waals surface area (Å²) in [4.78, 5) is 45.7. The first-order chi connectivity index (χ1) is 22.6. The standard InChI is InChI=1S/C26H42N9O10PS/c27-23-20-24(30-13-29-23)35(14-31-20)25-22(38)21(37)16(45-25)11-44-46(40,41)32-6-8-43-10-9-42-7-5-28-18(36)4-2-1-3-17-19-15(12-47-17)33-26(39)34-19/h13-17,19,21-22,25,37-38H,1-12H2,(H,28,36)(H2,27,29,30)(H2,32,40,41)(H2,33,34,39)/t15?,16-,17-,19?,21-,22-,25-/m1/s1. The van der Waals surface area contributed by atoms with Gasteiger partial charge < -0.3 is 51.0 Å². The van der Waals surface area contributed by atoms with E-state index in [0.29, 0.717) is 30.3 Å². The van der Waals surface area contributed by atoms with Crippen LogP contribution < -0.4 is 26.8 Å². The number of nitrogens with zero attached hydrogens (tertiary/aromatic N) is 4. The van der Waals surface area contributed by atoms with E-state index in [4.69, 9.17) is 24.5 Å². The molecule has 3 aliphatic heterocycles. The topological polar surface area (TPSA) is 267 Å². The first kappa shape index (κ1) is 35.7. The number of aromatic nitrogens is 4. The van der Waals surface area contributed by atoms with Gasteiger partial charge in [0.05, 0.1) is 51.4 Å². The minimum absolute atomic E-state index is 0.00247. The van der Waals surface area contributed by atoms with Crippen molar-refractivity contribution in [3.05, 3.63) is 12.7 Å². The molecule has 3 unspecified atom stereocenters. The summed E-state index contributed by atoms with van der Waals surface area (Å²) in [6.45, 7) is 0.835. The van der Waals surface area contributed by atoms with E-state index in [2.05, 4.69) is 36.0 Å². The van der Waals surface area contributed by atoms with Gasteiger partial charge in [0.2, 0.25) is 5.91 Å². The molecule has 0 aliphatic carbocycles. The Labute approximate surface area is 274 Å². The monoisotopic (exact) mass is 703 g/mol. The number of nitrogens with one attached hydrogen (secondary N) is 4. The molecule has 0 radical (unpaired) electrons. The Morgan fingerprint density at radius 2 is 1.91 bits per heavy atom. The number of hydrogen-bond acceptors (Lipinski definition) is 14. The molecule has 0 saturated carbocycles. The summed E-state index contributed by atoms with van der Waals surface area (Å²) in [5.41, 5.74) is 6.38. The number of fused-ring (bicyclic) bond motifs is 2. The second kappa shape index (κ2) is 16.6. The number of ether oxygens (including phenoxy) is 3. The zero-order valence-corrected chi connectivity index (χ0v) is 27.3. The maximum atomic E-state index is 12.4. The summed E-state index contributed by atoms with van der Waals surface area (Å²) in [7, 11) is -4.27. The molecule has 0 bridgehead atoms. The normalized spacial score (nSPS) is 28.2. The van der Waals surface area contributed by atoms with Crippen molar-refractivity contribution in [1.29, 1.82) is 0 Å². The molecule has 3 aliphatic rings. The zero-order chi connectivity index (χ0) is 33.4. The van der Waals surface area contributed by atoms with E-state index in [0.717, 1.165) is 25.0 Å². The van der Waals surface area contributed by atoms with Crippen molar-refractivity contribution < 1.29 is 48.0 Å². The molecule has 262 valence electrons. The number of aliphatic hydroxyl groups excluding tert-OH is 2. The summed E-state index contributed by atoms with van der Waals surface area (Å²) in [5.74, 6) is 1.04. The molecule has 3 amide bonds. The number of carbonyl (C=O) groups excluding carboxylic acids is 2. The SMILES string of the molecule is Nc1ncnc2c1ncn2[C@@H]1O[C@H](COP(=O)(O)NCCOCCOCCNC(=O)CCCC[C@H]2SCC3NC(=O)NC32)[C@@H](O)[C@H]1O. The van der Waals surface area contributed by atoms with Gasteiger partial charge in [-0.05, 0) is 12.8 Å². The van der Waals surface area contributed by atoms with Gasteiger partial charge >= 0.3 is 13.8 Å². The van der Waals surface area contributed by atoms with Gasteiger partial charge in [0.25, 0.3) is 0 Å². The van der Waals surface area contributed by atoms with Gasteiger partial charge in [0, 0.05) is 30.5 Å². The Kier molecular flexibility index (Phi) is 12.6. The molecule has 3 saturated heterocycles. The van der Waals surface area contributed by atoms with E-state index in [1.807, 2.05) is 11.8 Å². The highest BCUT2D eigenvalue weighted by Gasteiger charge is 2.45. The largest absolute Gasteiger partial charge is 0.403 e. The van der Waals surface area contributed by atoms with E-state index in [-0.39, 0.29) is 61.9 Å². The Balaban J connectivity index is 0.857. The van der Waals surface area contributed by atoms with E-state index in [1.165, 1.54) is 17.2 Å². The number of rotatable bonds is 19. The van der Waals surface area contributed by atoms with Gasteiger partial charge in [0.15, 0.2) is 17.7 Å². The number of thioether (sulfide) groups is 1. The number of hydrogen-bond donors (Lipinski definition) is 8. The zero-order valence-electron chi connectivity index (χ0n) is 25.6. The second-order valence-electron chi connectivity index (χ2n) is 11.3. The highest BCUT2D eigenvalue weighted by Crippen LogP contribution is 2.39. The Bertz CT molecular complexity index is 1410. The number of aliphatic hydroxyl groups is 2. The Morgan fingerprint density at radius 1 is 1.13 bits per heavy atom. The van der Waals surface area contributed by atoms with Crippen LogP contribution in [0.15, 0.2) is 12.7 Å². The molecular weight excluding hydrogens is 661 g/mol. The van der Waals surface area contributed by atoms with Crippen molar-refractivity contribution in [2.24, 2.45) is 0 Å². The summed E-state index contributed by atoms with van der Waals surface area (Å²) in [6.07, 6.45) is 0.679. The summed E-state index contributed by atoms with van der Waals surface area (Å²) < 4.78 is 35.4. The third-order valence-corrected chi connectivity index (χ3v) is 10.6. The number of imidazole rings is 1. The van der Waals surface area contributed by atoms with Gasteiger partial charge in [-0.3, -0.25) is 13.9 Å². The molecule has 21 heteroatoms. The van der Waals surface area contributed by atoms with Crippen molar-refractivity contribution in [3.63, 3.8) is 0 Å². The predicted molar refractivity (Wildman–Crippen MR) is 168 cm³/mol. The van der Waals surface area contributed by atoms with E-state index >= 15 is 0 Å². The summed E-state index contributed by atoms with van der Waals surface area (Å²) >= 11 is 1.87. The van der Waals surface area contributed by atoms with Crippen LogP contribution in [-0.4, -0.2) is 134 Å². The minimum Gasteiger partial charge on any atom is -0.387 e. The van der Waals surface area contributed by atoms with Crippen LogP contribution in [0.4, 0.5) is 10.6 Å². The fourth-order valence-corrected chi connectivity index (χ4v) is 7.94. The van der Waals surface area contributed by atoms with Gasteiger partial charge in [-0.15, -0.1) is 0 Å². The fraction of sp³-hybridized carbons (Fsp3) is 0.731. The molecule has 5 rings (SSSR count). The third kappa shape index (κ3) is 9.50. The van der Waals surface area contributed by atoms with Crippen molar-refractivity contribution in [3.8, 4) is 0 Å². The summed E-state index contributed by atoms with van der Waals surface area (Å²) in [6, 6.07) is 0.303. The quantitative estimate of drug-likeness (QED) is 0.0475. The molecule has 19 nitrogen and oxygen atoms in total. The average Bonchev–Trinajstić information content (AvgIpc) is 3.79. The smallest absolute Gasteiger partial charge is 0.387 e. The van der Waals surface area contributed by atoms with Crippen LogP contribution in [0.25, 0.3) is 11.2 Å². The van der Waals surface area contributed by atoms with Crippen LogP contribution >= 0.6 is 19.5 Å². The van der Waals surface area contributed by atoms with E-state index < -0.39 is 38.9 Å². The average molecular weight is 704 g/mol. The van der Waals surface area contributed by atoms with Crippen LogP contribution in [-0.2, 0) is 28.1 Å². The van der Waals surface area contributed by atoms with Crippen LogP contribution in [0, 0.1) is 0 Å². The molecule has 9 N–H and O–H groups in total. The van der Waals surface area contributed by atoms with E-state index in [9.17, 15) is 29.3 Å². The number of unbranched alkanes of at least 4 members (excludes halogenated alkanes) is 1. The second-order valence-corrected chi connectivity index (χ2v) is 14.2. The number of nitrogens with two attached hydrogens (primary N) is 1. The molecule has 47 heavy (non-hydrogen) atoms. The van der Waals surface area contributed by atoms with Crippen LogP contribution in [0.2, 0.25) is 0 Å². The number of urea groups is 1. The maximum Gasteiger partial charge on any atom is 0.403 e. The van der Waals surface area contributed by atoms with Crippen LogP contribution in [0.1, 0.15) is 31.9 Å². The number of amides is 3. The van der Waals surface area contributed by atoms with Gasteiger partial charge in [-0.1, -0.05) is 6.42 Å². The lowest BCUT2D eigenvalue weighted by Crippen LogP contribution is -2.36. The molecule has 2 aromatic heterocycles. The predicted octanol–water partition coefficient (Wildman–Crippen LogP) is -1.39. The van der Waals surface area contributed by atoms with Gasteiger partial charge in [-0.25, -0.2) is 29.4 Å². The van der Waals surface area contributed by atoms with Crippen molar-refractivity contribution in [1.82, 2.24) is 40.6 Å². The Morgan fingerprint density at radius 3 is 2.72 bits per heavy atom. The van der Waals surface area contributed by atoms with Gasteiger partial charge in [-0.2, -0.15) is 11.8 Å². The van der Waals surface area contributed by atoms with Gasteiger partial charge in [0.1, 0.15) is 30.2 Å². The highest BCUT2D eigenvalue weighted by atomic mass is 32.2. The lowest BCUT2D eigenvalue weighted by molar-refractivity contribution is -0.121. The molecule has 0 aromatic carbocycles. The van der Waals surface area contributed by atoms with Crippen LogP contribution in [0.5, 0.6) is 0 Å². The lowest BCUT2D eigenvalue weighted by Gasteiger charge is -2.18. The minimum atomic E-state index is -4.27. The number of carbonyl (C=O) groups is 2. The molecule has 0 spiro atoms. The van der Waals surface area contributed by atoms with E-state index in [1.54, 1.807) is 0 Å². The van der Waals surface area contributed by atoms with Crippen LogP contribution in [0.3, 0.4) is 0 Å². The number of anilines is 1. The maximum absolute atomic E-state index is 12.4. The highest BCUT2D eigenvalue weighted by molar-refractivity contribution is 8.00. The van der Waals surface area contributed by atoms with Crippen molar-refractivity contribution in [2.45, 2.75) is 67.6 Å². The number of nitrogen functional groups attached to an aromatic ring is 1. The lowest BCUT2D eigenvalue weighted by atomic mass is 10.0. The molecular formula is C26H42N9O10PS. The first-order valence-corrected chi connectivity index (χ1v) is 18.0. The van der Waals surface area contributed by atoms with Crippen molar-refractivity contribution in [2.75, 3.05) is 57.6 Å². The first-order valence-electron chi connectivity index (χ1n) is 15.4. The van der Waals surface area contributed by atoms with Crippen molar-refractivity contribution >= 4 is 48.4 Å². The Hall–Kier alpha value is -2.65. The molecule has 8 atom stereocenters. The summed E-state index contributed by atoms with van der Waals surface area (Å²) in [5, 5.41) is 32.4. The molecule has 2 aromatic rings. The molecule has 3 fully saturated rings. The third-order valence-electron chi connectivity index (χ3n) is 7.99.